The van der Waals surface area contributed by atoms with Gasteiger partial charge in [0.1, 0.15) is 23.9 Å². The highest BCUT2D eigenvalue weighted by molar-refractivity contribution is 5.97. The summed E-state index contributed by atoms with van der Waals surface area (Å²) in [6.45, 7) is 3.07. The molecule has 0 bridgehead atoms. The first-order valence-corrected chi connectivity index (χ1v) is 5.96. The Hall–Kier alpha value is -1.98. The molecule has 0 aliphatic carbocycles. The van der Waals surface area contributed by atoms with Crippen LogP contribution in [0.4, 0.5) is 14.5 Å². The lowest BCUT2D eigenvalue weighted by molar-refractivity contribution is -0.123. The van der Waals surface area contributed by atoms with E-state index in [2.05, 4.69) is 5.32 Å². The fourth-order valence-corrected chi connectivity index (χ4v) is 1.56. The summed E-state index contributed by atoms with van der Waals surface area (Å²) in [7, 11) is 0. The normalized spacial score (nSPS) is 10.1. The van der Waals surface area contributed by atoms with E-state index in [1.807, 2.05) is 6.92 Å². The highest BCUT2D eigenvalue weighted by Gasteiger charge is 2.22. The molecule has 0 heterocycles. The summed E-state index contributed by atoms with van der Waals surface area (Å²) in [4.78, 5) is 23.8. The Balaban J connectivity index is 2.95. The van der Waals surface area contributed by atoms with Crippen LogP contribution in [0, 0.1) is 11.6 Å². The van der Waals surface area contributed by atoms with Crippen molar-refractivity contribution in [2.75, 3.05) is 18.0 Å². The van der Waals surface area contributed by atoms with Crippen molar-refractivity contribution >= 4 is 17.5 Å². The Labute approximate surface area is 110 Å². The molecule has 0 aliphatic rings. The molecule has 0 atom stereocenters. The maximum absolute atomic E-state index is 13.6. The first-order valence-electron chi connectivity index (χ1n) is 5.96. The third kappa shape index (κ3) is 4.01. The molecule has 0 aromatic heterocycles. The van der Waals surface area contributed by atoms with Crippen molar-refractivity contribution in [3.8, 4) is 0 Å². The SMILES string of the molecule is CCCNC(=O)CN(C(C)=O)c1c(F)cccc1F. The van der Waals surface area contributed by atoms with E-state index in [0.717, 1.165) is 30.4 Å². The van der Waals surface area contributed by atoms with Gasteiger partial charge in [0.05, 0.1) is 0 Å². The van der Waals surface area contributed by atoms with Crippen molar-refractivity contribution in [1.82, 2.24) is 5.32 Å². The molecule has 0 saturated heterocycles. The summed E-state index contributed by atoms with van der Waals surface area (Å²) in [6.07, 6.45) is 0.736. The highest BCUT2D eigenvalue weighted by atomic mass is 19.1. The van der Waals surface area contributed by atoms with E-state index < -0.39 is 35.7 Å². The second-order valence-electron chi connectivity index (χ2n) is 4.03. The predicted molar refractivity (Wildman–Crippen MR) is 67.7 cm³/mol. The van der Waals surface area contributed by atoms with E-state index in [-0.39, 0.29) is 0 Å². The van der Waals surface area contributed by atoms with Gasteiger partial charge in [0.25, 0.3) is 0 Å². The van der Waals surface area contributed by atoms with E-state index in [9.17, 15) is 18.4 Å². The van der Waals surface area contributed by atoms with Gasteiger partial charge in [-0.25, -0.2) is 8.78 Å². The Kier molecular flexibility index (Phi) is 5.41. The standard InChI is InChI=1S/C13H16F2N2O2/c1-3-7-16-12(19)8-17(9(2)18)13-10(14)5-4-6-11(13)15/h4-6H,3,7-8H2,1-2H3,(H,16,19). The molecule has 1 aromatic carbocycles. The molecule has 0 radical (unpaired) electrons. The molecule has 0 aliphatic heterocycles. The molecule has 0 fully saturated rings. The van der Waals surface area contributed by atoms with E-state index in [1.54, 1.807) is 0 Å². The molecular formula is C13H16F2N2O2. The average molecular weight is 270 g/mol. The van der Waals surface area contributed by atoms with Crippen molar-refractivity contribution < 1.29 is 18.4 Å². The summed E-state index contributed by atoms with van der Waals surface area (Å²) in [5.41, 5.74) is -0.498. The Morgan fingerprint density at radius 2 is 1.84 bits per heavy atom. The van der Waals surface area contributed by atoms with Gasteiger partial charge in [0, 0.05) is 13.5 Å². The molecule has 0 spiro atoms. The van der Waals surface area contributed by atoms with Gasteiger partial charge in [0.2, 0.25) is 11.8 Å². The number of anilines is 1. The van der Waals surface area contributed by atoms with Gasteiger partial charge in [-0.1, -0.05) is 13.0 Å². The van der Waals surface area contributed by atoms with Crippen LogP contribution in [0.15, 0.2) is 18.2 Å². The number of carbonyl (C=O) groups excluding carboxylic acids is 2. The lowest BCUT2D eigenvalue weighted by Crippen LogP contribution is -2.40. The van der Waals surface area contributed by atoms with Crippen LogP contribution in [0.5, 0.6) is 0 Å². The lowest BCUT2D eigenvalue weighted by Gasteiger charge is -2.21. The summed E-state index contributed by atoms with van der Waals surface area (Å²) in [5.74, 6) is -2.81. The number of hydrogen-bond donors (Lipinski definition) is 1. The predicted octanol–water partition coefficient (Wildman–Crippen LogP) is 1.84. The third-order valence-electron chi connectivity index (χ3n) is 2.46. The first-order chi connectivity index (χ1) is 8.97. The number of nitrogens with zero attached hydrogens (tertiary/aromatic N) is 1. The third-order valence-corrected chi connectivity index (χ3v) is 2.46. The lowest BCUT2D eigenvalue weighted by atomic mass is 10.2. The quantitative estimate of drug-likeness (QED) is 0.887. The van der Waals surface area contributed by atoms with Crippen LogP contribution in [-0.2, 0) is 9.59 Å². The number of halogens is 2. The molecule has 2 amide bonds. The van der Waals surface area contributed by atoms with Gasteiger partial charge in [-0.15, -0.1) is 0 Å². The Bertz CT molecular complexity index is 457. The second-order valence-corrected chi connectivity index (χ2v) is 4.03. The monoisotopic (exact) mass is 270 g/mol. The minimum absolute atomic E-state index is 0.410. The summed E-state index contributed by atoms with van der Waals surface area (Å²) < 4.78 is 27.2. The Morgan fingerprint density at radius 3 is 2.32 bits per heavy atom. The van der Waals surface area contributed by atoms with Crippen LogP contribution < -0.4 is 10.2 Å². The number of benzene rings is 1. The van der Waals surface area contributed by atoms with Crippen LogP contribution in [-0.4, -0.2) is 24.9 Å². The molecule has 1 rings (SSSR count). The highest BCUT2D eigenvalue weighted by Crippen LogP contribution is 2.23. The molecule has 19 heavy (non-hydrogen) atoms. The molecule has 1 N–H and O–H groups in total. The molecule has 104 valence electrons. The van der Waals surface area contributed by atoms with Crippen molar-refractivity contribution in [3.05, 3.63) is 29.8 Å². The van der Waals surface area contributed by atoms with Gasteiger partial charge in [-0.3, -0.25) is 14.5 Å². The van der Waals surface area contributed by atoms with E-state index in [4.69, 9.17) is 0 Å². The largest absolute Gasteiger partial charge is 0.355 e. The number of hydrogen-bond acceptors (Lipinski definition) is 2. The maximum atomic E-state index is 13.6. The number of amides is 2. The Morgan fingerprint density at radius 1 is 1.26 bits per heavy atom. The van der Waals surface area contributed by atoms with E-state index in [0.29, 0.717) is 6.54 Å². The summed E-state index contributed by atoms with van der Waals surface area (Å²) in [5, 5.41) is 2.55. The molecule has 4 nitrogen and oxygen atoms in total. The van der Waals surface area contributed by atoms with Crippen molar-refractivity contribution in [1.29, 1.82) is 0 Å². The number of para-hydroxylation sites is 1. The molecular weight excluding hydrogens is 254 g/mol. The van der Waals surface area contributed by atoms with Gasteiger partial charge in [-0.2, -0.15) is 0 Å². The zero-order valence-electron chi connectivity index (χ0n) is 10.9. The van der Waals surface area contributed by atoms with Gasteiger partial charge >= 0.3 is 0 Å². The first kappa shape index (κ1) is 15.1. The van der Waals surface area contributed by atoms with Crippen LogP contribution in [0.3, 0.4) is 0 Å². The van der Waals surface area contributed by atoms with Crippen LogP contribution in [0.25, 0.3) is 0 Å². The van der Waals surface area contributed by atoms with Gasteiger partial charge in [-0.05, 0) is 18.6 Å². The molecule has 1 aromatic rings. The zero-order valence-corrected chi connectivity index (χ0v) is 10.9. The average Bonchev–Trinajstić information content (AvgIpc) is 2.34. The summed E-state index contributed by atoms with van der Waals surface area (Å²) >= 11 is 0. The van der Waals surface area contributed by atoms with Gasteiger partial charge in [0.15, 0.2) is 0 Å². The smallest absolute Gasteiger partial charge is 0.240 e. The van der Waals surface area contributed by atoms with E-state index in [1.165, 1.54) is 6.07 Å². The van der Waals surface area contributed by atoms with Crippen molar-refractivity contribution in [2.45, 2.75) is 20.3 Å². The minimum atomic E-state index is -0.876. The fraction of sp³-hybridized carbons (Fsp3) is 0.385. The van der Waals surface area contributed by atoms with E-state index >= 15 is 0 Å². The summed E-state index contributed by atoms with van der Waals surface area (Å²) in [6, 6.07) is 3.28. The molecule has 6 heteroatoms. The van der Waals surface area contributed by atoms with Gasteiger partial charge < -0.3 is 5.32 Å². The van der Waals surface area contributed by atoms with Crippen LogP contribution >= 0.6 is 0 Å². The van der Waals surface area contributed by atoms with Crippen molar-refractivity contribution in [3.63, 3.8) is 0 Å². The zero-order chi connectivity index (χ0) is 14.4. The van der Waals surface area contributed by atoms with Crippen molar-refractivity contribution in [2.24, 2.45) is 0 Å². The minimum Gasteiger partial charge on any atom is -0.355 e. The van der Waals surface area contributed by atoms with Crippen LogP contribution in [0.1, 0.15) is 20.3 Å². The molecule has 0 unspecified atom stereocenters. The number of rotatable bonds is 5. The fourth-order valence-electron chi connectivity index (χ4n) is 1.56. The molecule has 0 saturated carbocycles. The second kappa shape index (κ2) is 6.82. The van der Waals surface area contributed by atoms with Crippen LogP contribution in [0.2, 0.25) is 0 Å². The maximum Gasteiger partial charge on any atom is 0.240 e. The topological polar surface area (TPSA) is 49.4 Å². The number of carbonyl (C=O) groups is 2. The number of nitrogens with one attached hydrogen (secondary N) is 1.